The number of rotatable bonds is 2. The smallest absolute Gasteiger partial charge is 0.270 e. The molecule has 0 spiro atoms. The van der Waals surface area contributed by atoms with Crippen molar-refractivity contribution in [2.24, 2.45) is 0 Å². The van der Waals surface area contributed by atoms with Crippen molar-refractivity contribution in [3.63, 3.8) is 0 Å². The maximum Gasteiger partial charge on any atom is 0.270 e. The van der Waals surface area contributed by atoms with Gasteiger partial charge >= 0.3 is 0 Å². The summed E-state index contributed by atoms with van der Waals surface area (Å²) in [5.41, 5.74) is 0.794. The number of hydrogen-bond acceptors (Lipinski definition) is 3. The Hall–Kier alpha value is -3.30. The lowest BCUT2D eigenvalue weighted by Gasteiger charge is -2.33. The first-order chi connectivity index (χ1) is 15.2. The van der Waals surface area contributed by atoms with E-state index in [1.54, 1.807) is 0 Å². The number of aromatic nitrogens is 2. The second-order valence-corrected chi connectivity index (χ2v) is 8.04. The first kappa shape index (κ1) is 20.6. The number of aromatic amines is 2. The molecule has 1 amide bonds. The minimum atomic E-state index is -1.14. The molecule has 0 saturated carbocycles. The van der Waals surface area contributed by atoms with E-state index in [-0.39, 0.29) is 34.7 Å². The van der Waals surface area contributed by atoms with Crippen LogP contribution in [0.15, 0.2) is 35.1 Å². The third kappa shape index (κ3) is 3.16. The lowest BCUT2D eigenvalue weighted by atomic mass is 9.95. The zero-order chi connectivity index (χ0) is 22.7. The van der Waals surface area contributed by atoms with E-state index < -0.39 is 35.0 Å². The molecule has 0 saturated heterocycles. The Kier molecular flexibility index (Phi) is 4.75. The Balaban J connectivity index is 1.62. The Labute approximate surface area is 183 Å². The zero-order valence-corrected chi connectivity index (χ0v) is 17.3. The van der Waals surface area contributed by atoms with Crippen molar-refractivity contribution >= 4 is 39.2 Å². The van der Waals surface area contributed by atoms with Gasteiger partial charge in [-0.3, -0.25) is 9.59 Å². The Morgan fingerprint density at radius 1 is 1.06 bits per heavy atom. The van der Waals surface area contributed by atoms with Gasteiger partial charge in [0.1, 0.15) is 11.5 Å². The molecule has 2 aromatic carbocycles. The molecule has 0 aliphatic carbocycles. The SMILES string of the molecule is CN(C(=O)c1cc2c(Cl)cc(F)cc2[nH]1)C1COCc2[nH]c(=O)c3cc(F)c(F)cc3c21. The fourth-order valence-corrected chi connectivity index (χ4v) is 4.42. The van der Waals surface area contributed by atoms with Crippen LogP contribution in [-0.2, 0) is 11.3 Å². The molecule has 6 nitrogen and oxygen atoms in total. The molecule has 164 valence electrons. The van der Waals surface area contributed by atoms with Crippen LogP contribution in [0.5, 0.6) is 0 Å². The summed E-state index contributed by atoms with van der Waals surface area (Å²) in [7, 11) is 1.52. The number of ether oxygens (including phenoxy) is 1. The quantitative estimate of drug-likeness (QED) is 0.464. The van der Waals surface area contributed by atoms with Crippen molar-refractivity contribution in [1.29, 1.82) is 0 Å². The number of H-pyrrole nitrogens is 2. The summed E-state index contributed by atoms with van der Waals surface area (Å²) in [5.74, 6) is -3.24. The molecule has 2 N–H and O–H groups in total. The van der Waals surface area contributed by atoms with Gasteiger partial charge in [-0.1, -0.05) is 11.6 Å². The molecule has 0 fully saturated rings. The van der Waals surface area contributed by atoms with Gasteiger partial charge in [0.05, 0.1) is 35.2 Å². The number of carbonyl (C=O) groups is 1. The van der Waals surface area contributed by atoms with Crippen LogP contribution >= 0.6 is 11.6 Å². The first-order valence-corrected chi connectivity index (χ1v) is 9.99. The summed E-state index contributed by atoms with van der Waals surface area (Å²) >= 11 is 6.08. The summed E-state index contributed by atoms with van der Waals surface area (Å²) in [6.45, 7) is 0.129. The number of pyridine rings is 1. The molecule has 2 aromatic heterocycles. The lowest BCUT2D eigenvalue weighted by molar-refractivity contribution is 0.0333. The van der Waals surface area contributed by atoms with Crippen molar-refractivity contribution in [2.75, 3.05) is 13.7 Å². The highest BCUT2D eigenvalue weighted by atomic mass is 35.5. The van der Waals surface area contributed by atoms with Crippen LogP contribution < -0.4 is 5.56 Å². The Morgan fingerprint density at radius 2 is 1.78 bits per heavy atom. The van der Waals surface area contributed by atoms with Gasteiger partial charge in [0.15, 0.2) is 11.6 Å². The standard InChI is InChI=1S/C22H15ClF3N3O3/c1-29(22(31)17-6-12-13(23)2-9(24)3-16(12)27-17)19-8-32-7-18-20(19)10-4-14(25)15(26)5-11(10)21(30)28-18/h2-6,19,27H,7-8H2,1H3,(H,28,30). The molecular formula is C22H15ClF3N3O3. The summed E-state index contributed by atoms with van der Waals surface area (Å²) in [4.78, 5) is 32.5. The molecule has 0 bridgehead atoms. The van der Waals surface area contributed by atoms with Crippen molar-refractivity contribution < 1.29 is 22.7 Å². The Bertz CT molecular complexity index is 1480. The number of fused-ring (bicyclic) bond motifs is 4. The average molecular weight is 462 g/mol. The second kappa shape index (κ2) is 7.39. The first-order valence-electron chi connectivity index (χ1n) is 9.61. The van der Waals surface area contributed by atoms with Gasteiger partial charge in [0.2, 0.25) is 0 Å². The van der Waals surface area contributed by atoms with Crippen LogP contribution in [-0.4, -0.2) is 34.4 Å². The molecule has 1 aliphatic heterocycles. The van der Waals surface area contributed by atoms with E-state index >= 15 is 0 Å². The number of nitrogens with one attached hydrogen (secondary N) is 2. The summed E-state index contributed by atoms with van der Waals surface area (Å²) in [6.07, 6.45) is 0. The Morgan fingerprint density at radius 3 is 2.53 bits per heavy atom. The summed E-state index contributed by atoms with van der Waals surface area (Å²) in [6, 6.07) is 4.99. The van der Waals surface area contributed by atoms with E-state index in [2.05, 4.69) is 9.97 Å². The normalized spacial score (nSPS) is 15.8. The number of halogens is 4. The predicted octanol–water partition coefficient (Wildman–Crippen LogP) is 4.42. The zero-order valence-electron chi connectivity index (χ0n) is 16.6. The van der Waals surface area contributed by atoms with E-state index in [0.29, 0.717) is 22.2 Å². The molecule has 1 aliphatic rings. The fourth-order valence-electron chi connectivity index (χ4n) is 4.15. The third-order valence-corrected chi connectivity index (χ3v) is 6.02. The molecule has 0 radical (unpaired) electrons. The largest absolute Gasteiger partial charge is 0.373 e. The van der Waals surface area contributed by atoms with Crippen molar-refractivity contribution in [3.8, 4) is 0 Å². The molecule has 4 aromatic rings. The van der Waals surface area contributed by atoms with E-state index in [1.165, 1.54) is 24.1 Å². The van der Waals surface area contributed by atoms with Gasteiger partial charge in [-0.25, -0.2) is 13.2 Å². The van der Waals surface area contributed by atoms with Crippen molar-refractivity contribution in [2.45, 2.75) is 12.6 Å². The van der Waals surface area contributed by atoms with Crippen LogP contribution in [0.2, 0.25) is 5.02 Å². The highest BCUT2D eigenvalue weighted by Gasteiger charge is 2.32. The topological polar surface area (TPSA) is 78.2 Å². The monoisotopic (exact) mass is 461 g/mol. The van der Waals surface area contributed by atoms with Gasteiger partial charge in [0, 0.05) is 23.7 Å². The van der Waals surface area contributed by atoms with Gasteiger partial charge in [-0.15, -0.1) is 0 Å². The van der Waals surface area contributed by atoms with Gasteiger partial charge in [-0.2, -0.15) is 0 Å². The average Bonchev–Trinajstić information content (AvgIpc) is 3.18. The van der Waals surface area contributed by atoms with Crippen molar-refractivity contribution in [1.82, 2.24) is 14.9 Å². The fraction of sp³-hybridized carbons (Fsp3) is 0.182. The van der Waals surface area contributed by atoms with Crippen molar-refractivity contribution in [3.05, 3.63) is 80.1 Å². The number of benzene rings is 2. The van der Waals surface area contributed by atoms with E-state index in [4.69, 9.17) is 16.3 Å². The molecule has 3 heterocycles. The van der Waals surface area contributed by atoms with Gasteiger partial charge in [-0.05, 0) is 35.7 Å². The molecule has 32 heavy (non-hydrogen) atoms. The number of carbonyl (C=O) groups excluding carboxylic acids is 1. The maximum absolute atomic E-state index is 14.0. The van der Waals surface area contributed by atoms with Crippen LogP contribution in [0, 0.1) is 17.5 Å². The van der Waals surface area contributed by atoms with Gasteiger partial charge in [0.25, 0.3) is 11.5 Å². The molecule has 1 unspecified atom stereocenters. The maximum atomic E-state index is 14.0. The minimum absolute atomic E-state index is 0.0248. The van der Waals surface area contributed by atoms with Crippen LogP contribution in [0.4, 0.5) is 13.2 Å². The summed E-state index contributed by atoms with van der Waals surface area (Å²) < 4.78 is 47.0. The van der Waals surface area contributed by atoms with E-state index in [1.807, 2.05) is 0 Å². The molecule has 1 atom stereocenters. The van der Waals surface area contributed by atoms with E-state index in [0.717, 1.165) is 18.2 Å². The number of likely N-dealkylation sites (N-methyl/N-ethyl adjacent to an activating group) is 1. The summed E-state index contributed by atoms with van der Waals surface area (Å²) in [5, 5.41) is 0.823. The minimum Gasteiger partial charge on any atom is -0.373 e. The number of nitrogens with zero attached hydrogens (tertiary/aromatic N) is 1. The van der Waals surface area contributed by atoms with Crippen LogP contribution in [0.25, 0.3) is 21.7 Å². The van der Waals surface area contributed by atoms with Crippen LogP contribution in [0.3, 0.4) is 0 Å². The third-order valence-electron chi connectivity index (χ3n) is 5.71. The number of hydrogen-bond donors (Lipinski definition) is 2. The molecule has 5 rings (SSSR count). The highest BCUT2D eigenvalue weighted by molar-refractivity contribution is 6.35. The molecule has 10 heteroatoms. The number of amides is 1. The van der Waals surface area contributed by atoms with Crippen LogP contribution in [0.1, 0.15) is 27.8 Å². The predicted molar refractivity (Wildman–Crippen MR) is 112 cm³/mol. The molecular weight excluding hydrogens is 447 g/mol. The lowest BCUT2D eigenvalue weighted by Crippen LogP contribution is -2.37. The highest BCUT2D eigenvalue weighted by Crippen LogP contribution is 2.35. The second-order valence-electron chi connectivity index (χ2n) is 7.64. The van der Waals surface area contributed by atoms with E-state index in [9.17, 15) is 22.8 Å². The van der Waals surface area contributed by atoms with Gasteiger partial charge < -0.3 is 19.6 Å².